The van der Waals surface area contributed by atoms with E-state index in [0.717, 1.165) is 5.56 Å². The fraction of sp³-hybridized carbons (Fsp3) is 0.241. The van der Waals surface area contributed by atoms with Crippen LogP contribution in [0.2, 0.25) is 10.0 Å². The molecule has 6 nitrogen and oxygen atoms in total. The maximum atomic E-state index is 13.4. The summed E-state index contributed by atoms with van der Waals surface area (Å²) in [5, 5.41) is 11.7. The molecule has 1 heterocycles. The monoisotopic (exact) mass is 539 g/mol. The lowest BCUT2D eigenvalue weighted by atomic mass is 9.85. The smallest absolute Gasteiger partial charge is 0.300 e. The molecular formula is C29H27Cl2NO5. The highest BCUT2D eigenvalue weighted by Gasteiger charge is 2.47. The Hall–Kier alpha value is -3.48. The van der Waals surface area contributed by atoms with E-state index >= 15 is 0 Å². The predicted octanol–water partition coefficient (Wildman–Crippen LogP) is 6.93. The molecule has 1 N–H and O–H groups in total. The lowest BCUT2D eigenvalue weighted by Gasteiger charge is -2.26. The van der Waals surface area contributed by atoms with E-state index in [1.165, 1.54) is 24.1 Å². The number of carbonyl (C=O) groups excluding carboxylic acids is 2. The molecule has 0 saturated carbocycles. The Bertz CT molecular complexity index is 1370. The van der Waals surface area contributed by atoms with Crippen LogP contribution in [-0.4, -0.2) is 31.0 Å². The highest BCUT2D eigenvalue weighted by Crippen LogP contribution is 2.44. The minimum atomic E-state index is -0.887. The number of hydrogen-bond acceptors (Lipinski definition) is 5. The van der Waals surface area contributed by atoms with Crippen molar-refractivity contribution in [2.24, 2.45) is 0 Å². The zero-order chi connectivity index (χ0) is 27.1. The number of carbonyl (C=O) groups is 2. The first kappa shape index (κ1) is 26.6. The maximum Gasteiger partial charge on any atom is 0.300 e. The van der Waals surface area contributed by atoms with Crippen molar-refractivity contribution in [1.82, 2.24) is 0 Å². The van der Waals surface area contributed by atoms with E-state index in [4.69, 9.17) is 32.7 Å². The molecule has 1 saturated heterocycles. The summed E-state index contributed by atoms with van der Waals surface area (Å²) in [6.45, 7) is 6.30. The average molecular weight is 540 g/mol. The van der Waals surface area contributed by atoms with Crippen LogP contribution < -0.4 is 14.4 Å². The average Bonchev–Trinajstić information content (AvgIpc) is 3.13. The second-order valence-electron chi connectivity index (χ2n) is 9.71. The van der Waals surface area contributed by atoms with Crippen molar-refractivity contribution in [1.29, 1.82) is 0 Å². The molecule has 8 heteroatoms. The largest absolute Gasteiger partial charge is 0.507 e. The van der Waals surface area contributed by atoms with Crippen molar-refractivity contribution in [3.8, 4) is 11.5 Å². The van der Waals surface area contributed by atoms with Gasteiger partial charge >= 0.3 is 0 Å². The Morgan fingerprint density at radius 3 is 1.95 bits per heavy atom. The van der Waals surface area contributed by atoms with Crippen LogP contribution in [0.15, 0.2) is 66.2 Å². The molecule has 3 aromatic rings. The Morgan fingerprint density at radius 1 is 0.892 bits per heavy atom. The molecule has 3 aromatic carbocycles. The summed E-state index contributed by atoms with van der Waals surface area (Å²) >= 11 is 12.6. The third-order valence-corrected chi connectivity index (χ3v) is 6.92. The summed E-state index contributed by atoms with van der Waals surface area (Å²) in [5.41, 5.74) is 2.27. The quantitative estimate of drug-likeness (QED) is 0.216. The van der Waals surface area contributed by atoms with Gasteiger partial charge < -0.3 is 14.6 Å². The van der Waals surface area contributed by atoms with Crippen molar-refractivity contribution < 1.29 is 24.2 Å². The number of amides is 1. The van der Waals surface area contributed by atoms with Gasteiger partial charge in [0, 0.05) is 11.3 Å². The second-order valence-corrected chi connectivity index (χ2v) is 10.5. The normalized spacial score (nSPS) is 17.3. The van der Waals surface area contributed by atoms with E-state index in [1.807, 2.05) is 24.3 Å². The zero-order valence-electron chi connectivity index (χ0n) is 21.1. The van der Waals surface area contributed by atoms with Crippen LogP contribution in [0, 0.1) is 0 Å². The molecule has 1 amide bonds. The molecule has 1 fully saturated rings. The van der Waals surface area contributed by atoms with E-state index in [-0.39, 0.29) is 38.1 Å². The molecule has 1 atom stereocenters. The zero-order valence-corrected chi connectivity index (χ0v) is 22.6. The topological polar surface area (TPSA) is 76.1 Å². The number of rotatable bonds is 5. The van der Waals surface area contributed by atoms with Gasteiger partial charge in [0.1, 0.15) is 11.5 Å². The molecule has 0 bridgehead atoms. The number of nitrogens with zero attached hydrogens (tertiary/aromatic N) is 1. The summed E-state index contributed by atoms with van der Waals surface area (Å²) in [5.74, 6) is -1.11. The van der Waals surface area contributed by atoms with Gasteiger partial charge in [-0.2, -0.15) is 0 Å². The first-order valence-corrected chi connectivity index (χ1v) is 12.3. The third kappa shape index (κ3) is 4.91. The van der Waals surface area contributed by atoms with E-state index in [0.29, 0.717) is 17.0 Å². The van der Waals surface area contributed by atoms with Crippen molar-refractivity contribution in [3.63, 3.8) is 0 Å². The van der Waals surface area contributed by atoms with Crippen LogP contribution in [0.5, 0.6) is 11.5 Å². The minimum Gasteiger partial charge on any atom is -0.507 e. The number of methoxy groups -OCH3 is 2. The lowest BCUT2D eigenvalue weighted by molar-refractivity contribution is -0.132. The lowest BCUT2D eigenvalue weighted by Crippen LogP contribution is -2.29. The Kier molecular flexibility index (Phi) is 7.27. The van der Waals surface area contributed by atoms with Crippen LogP contribution in [0.25, 0.3) is 5.76 Å². The Morgan fingerprint density at radius 2 is 1.46 bits per heavy atom. The van der Waals surface area contributed by atoms with E-state index in [2.05, 4.69) is 20.8 Å². The van der Waals surface area contributed by atoms with Gasteiger partial charge in [0.15, 0.2) is 5.75 Å². The summed E-state index contributed by atoms with van der Waals surface area (Å²) in [6.07, 6.45) is 0. The molecule has 1 aliphatic heterocycles. The second kappa shape index (κ2) is 10.1. The highest BCUT2D eigenvalue weighted by molar-refractivity contribution is 6.51. The van der Waals surface area contributed by atoms with E-state index in [9.17, 15) is 14.7 Å². The van der Waals surface area contributed by atoms with Crippen LogP contribution in [0.1, 0.15) is 43.5 Å². The van der Waals surface area contributed by atoms with E-state index < -0.39 is 17.7 Å². The summed E-state index contributed by atoms with van der Waals surface area (Å²) in [6, 6.07) is 16.5. The van der Waals surface area contributed by atoms with Gasteiger partial charge in [-0.05, 0) is 52.9 Å². The van der Waals surface area contributed by atoms with Gasteiger partial charge in [-0.25, -0.2) is 0 Å². The Balaban J connectivity index is 1.93. The standard InChI is InChI=1S/C29H27Cl2NO5/c1-29(2,3)18-8-6-16(7-9-18)24-23(25(33)17-14-21(30)27(37-5)22(31)15-17)26(34)28(35)32(24)19-10-12-20(36-4)13-11-19/h6-15,24,33H,1-5H3/b25-23+. The molecule has 4 rings (SSSR count). The molecule has 37 heavy (non-hydrogen) atoms. The minimum absolute atomic E-state index is 0.0679. The van der Waals surface area contributed by atoms with Gasteiger partial charge in [-0.1, -0.05) is 68.2 Å². The molecule has 0 spiro atoms. The van der Waals surface area contributed by atoms with Gasteiger partial charge in [0.25, 0.3) is 11.7 Å². The van der Waals surface area contributed by atoms with Crippen LogP contribution in [0.4, 0.5) is 5.69 Å². The first-order valence-electron chi connectivity index (χ1n) is 11.6. The molecule has 0 aromatic heterocycles. The molecule has 0 aliphatic carbocycles. The number of anilines is 1. The summed E-state index contributed by atoms with van der Waals surface area (Å²) in [7, 11) is 2.97. The van der Waals surface area contributed by atoms with Crippen molar-refractivity contribution in [2.75, 3.05) is 19.1 Å². The molecule has 1 aliphatic rings. The fourth-order valence-corrected chi connectivity index (χ4v) is 5.01. The molecular weight excluding hydrogens is 513 g/mol. The number of aliphatic hydroxyl groups excluding tert-OH is 1. The van der Waals surface area contributed by atoms with Gasteiger partial charge in [-0.15, -0.1) is 0 Å². The summed E-state index contributed by atoms with van der Waals surface area (Å²) < 4.78 is 10.4. The number of benzene rings is 3. The Labute approximate surface area is 226 Å². The maximum absolute atomic E-state index is 13.4. The summed E-state index contributed by atoms with van der Waals surface area (Å²) in [4.78, 5) is 28.2. The molecule has 1 unspecified atom stereocenters. The van der Waals surface area contributed by atoms with Gasteiger partial charge in [0.2, 0.25) is 0 Å². The number of Topliss-reactive ketones (excluding diaryl/α,β-unsaturated/α-hetero) is 1. The van der Waals surface area contributed by atoms with Crippen molar-refractivity contribution in [3.05, 3.63) is 93.0 Å². The number of ketones is 1. The molecule has 192 valence electrons. The first-order chi connectivity index (χ1) is 17.5. The fourth-order valence-electron chi connectivity index (χ4n) is 4.37. The van der Waals surface area contributed by atoms with Crippen LogP contribution in [0.3, 0.4) is 0 Å². The molecule has 0 radical (unpaired) electrons. The predicted molar refractivity (Wildman–Crippen MR) is 146 cm³/mol. The number of aliphatic hydroxyl groups is 1. The number of ether oxygens (including phenoxy) is 2. The van der Waals surface area contributed by atoms with Crippen LogP contribution in [-0.2, 0) is 15.0 Å². The third-order valence-electron chi connectivity index (χ3n) is 6.36. The van der Waals surface area contributed by atoms with Crippen molar-refractivity contribution in [2.45, 2.75) is 32.2 Å². The van der Waals surface area contributed by atoms with Gasteiger partial charge in [-0.3, -0.25) is 14.5 Å². The van der Waals surface area contributed by atoms with Crippen molar-refractivity contribution >= 4 is 46.3 Å². The van der Waals surface area contributed by atoms with Crippen LogP contribution >= 0.6 is 23.2 Å². The van der Waals surface area contributed by atoms with Gasteiger partial charge in [0.05, 0.1) is 35.9 Å². The SMILES string of the molecule is COc1ccc(N2C(=O)C(=O)/C(=C(/O)c3cc(Cl)c(OC)c(Cl)c3)C2c2ccc(C(C)(C)C)cc2)cc1. The number of halogens is 2. The van der Waals surface area contributed by atoms with E-state index in [1.54, 1.807) is 31.4 Å². The highest BCUT2D eigenvalue weighted by atomic mass is 35.5. The number of hydrogen-bond donors (Lipinski definition) is 1.